The zero-order valence-electron chi connectivity index (χ0n) is 19.3. The third-order valence-corrected chi connectivity index (χ3v) is 7.52. The van der Waals surface area contributed by atoms with Crippen LogP contribution in [0.4, 0.5) is 17.1 Å². The number of nitrogens with zero attached hydrogens (tertiary/aromatic N) is 2. The van der Waals surface area contributed by atoms with E-state index in [1.165, 1.54) is 16.7 Å². The lowest BCUT2D eigenvalue weighted by atomic mass is 10.0. The molecule has 0 aliphatic carbocycles. The van der Waals surface area contributed by atoms with Crippen LogP contribution in [0.1, 0.15) is 22.3 Å². The minimum Gasteiger partial charge on any atom is -0.325 e. The smallest absolute Gasteiger partial charge is 0.269 e. The summed E-state index contributed by atoms with van der Waals surface area (Å²) in [4.78, 5) is 42.1. The quantitative estimate of drug-likeness (QED) is 0.607. The van der Waals surface area contributed by atoms with Gasteiger partial charge in [-0.1, -0.05) is 36.4 Å². The second kappa shape index (κ2) is 8.33. The zero-order valence-corrected chi connectivity index (χ0v) is 20.1. The van der Waals surface area contributed by atoms with E-state index in [1.54, 1.807) is 4.90 Å². The van der Waals surface area contributed by atoms with Crippen molar-refractivity contribution in [3.63, 3.8) is 0 Å². The maximum atomic E-state index is 14.1. The highest BCUT2D eigenvalue weighted by Crippen LogP contribution is 2.55. The number of carbonyl (C=O) groups is 3. The lowest BCUT2D eigenvalue weighted by Gasteiger charge is -2.33. The highest BCUT2D eigenvalue weighted by Gasteiger charge is 2.61. The molecule has 5 rings (SSSR count). The van der Waals surface area contributed by atoms with E-state index in [2.05, 4.69) is 5.32 Å². The molecule has 34 heavy (non-hydrogen) atoms. The molecule has 3 amide bonds. The maximum absolute atomic E-state index is 14.1. The Balaban J connectivity index is 1.53. The number of amides is 3. The molecular formula is C27H25N3O3S. The minimum atomic E-state index is -1.22. The first kappa shape index (κ1) is 22.2. The van der Waals surface area contributed by atoms with Crippen LogP contribution >= 0.6 is 11.8 Å². The Morgan fingerprint density at radius 1 is 0.941 bits per heavy atom. The molecule has 1 unspecified atom stereocenters. The van der Waals surface area contributed by atoms with Gasteiger partial charge in [-0.15, -0.1) is 11.8 Å². The van der Waals surface area contributed by atoms with Crippen LogP contribution in [-0.2, 0) is 19.3 Å². The van der Waals surface area contributed by atoms with Crippen LogP contribution in [0.5, 0.6) is 0 Å². The van der Waals surface area contributed by atoms with Crippen molar-refractivity contribution in [2.24, 2.45) is 0 Å². The van der Waals surface area contributed by atoms with E-state index in [0.717, 1.165) is 22.3 Å². The van der Waals surface area contributed by atoms with Gasteiger partial charge in [0.15, 0.2) is 0 Å². The molecule has 1 saturated heterocycles. The van der Waals surface area contributed by atoms with Gasteiger partial charge < -0.3 is 5.32 Å². The summed E-state index contributed by atoms with van der Waals surface area (Å²) in [5.41, 5.74) is 5.83. The summed E-state index contributed by atoms with van der Waals surface area (Å²) in [6, 6.07) is 20.9. The molecule has 1 fully saturated rings. The first-order valence-electron chi connectivity index (χ1n) is 11.1. The maximum Gasteiger partial charge on any atom is 0.269 e. The highest BCUT2D eigenvalue weighted by molar-refractivity contribution is 8.02. The summed E-state index contributed by atoms with van der Waals surface area (Å²) >= 11 is 1.32. The molecular weight excluding hydrogens is 446 g/mol. The average molecular weight is 472 g/mol. The molecule has 172 valence electrons. The molecule has 3 aromatic carbocycles. The van der Waals surface area contributed by atoms with Crippen molar-refractivity contribution in [2.45, 2.75) is 25.6 Å². The molecule has 2 heterocycles. The Hall–Kier alpha value is -3.58. The Bertz CT molecular complexity index is 1320. The van der Waals surface area contributed by atoms with Crippen molar-refractivity contribution in [1.29, 1.82) is 0 Å². The molecule has 0 saturated carbocycles. The monoisotopic (exact) mass is 471 g/mol. The number of benzene rings is 3. The number of thioether (sulfide) groups is 1. The molecule has 1 spiro atoms. The van der Waals surface area contributed by atoms with E-state index >= 15 is 0 Å². The second-order valence-electron chi connectivity index (χ2n) is 8.83. The SMILES string of the molecule is Cc1cccc(NC(=O)CN2C(=O)C3(SCC(=O)N3c3cc(C)cc(C)c3)c3ccccc32)c1. The number of hydrogen-bond donors (Lipinski definition) is 1. The summed E-state index contributed by atoms with van der Waals surface area (Å²) in [7, 11) is 0. The third kappa shape index (κ3) is 3.56. The number of anilines is 3. The van der Waals surface area contributed by atoms with E-state index in [9.17, 15) is 14.4 Å². The van der Waals surface area contributed by atoms with Gasteiger partial charge in [-0.05, 0) is 67.8 Å². The molecule has 0 aromatic heterocycles. The Morgan fingerprint density at radius 2 is 1.68 bits per heavy atom. The van der Waals surface area contributed by atoms with Crippen LogP contribution in [-0.4, -0.2) is 30.0 Å². The van der Waals surface area contributed by atoms with Gasteiger partial charge in [0.1, 0.15) is 6.54 Å². The minimum absolute atomic E-state index is 0.121. The van der Waals surface area contributed by atoms with Crippen LogP contribution in [0.15, 0.2) is 66.7 Å². The lowest BCUT2D eigenvalue weighted by Crippen LogP contribution is -2.51. The molecule has 2 aliphatic heterocycles. The Morgan fingerprint density at radius 3 is 2.41 bits per heavy atom. The summed E-state index contributed by atoms with van der Waals surface area (Å²) in [5.74, 6) is -0.499. The number of carbonyl (C=O) groups excluding carboxylic acids is 3. The fourth-order valence-electron chi connectivity index (χ4n) is 4.86. The summed E-state index contributed by atoms with van der Waals surface area (Å²) in [5, 5.41) is 2.89. The Kier molecular flexibility index (Phi) is 5.44. The number of para-hydroxylation sites is 1. The van der Waals surface area contributed by atoms with E-state index in [-0.39, 0.29) is 30.0 Å². The number of fused-ring (bicyclic) bond motifs is 2. The standard InChI is InChI=1S/C27H25N3O3S/c1-17-7-6-8-20(12-17)28-24(31)15-29-23-10-5-4-9-22(23)27(26(29)33)30(25(32)16-34-27)21-13-18(2)11-19(3)14-21/h4-14H,15-16H2,1-3H3,(H,28,31). The van der Waals surface area contributed by atoms with Crippen LogP contribution < -0.4 is 15.1 Å². The highest BCUT2D eigenvalue weighted by atomic mass is 32.2. The van der Waals surface area contributed by atoms with Gasteiger partial charge in [0.2, 0.25) is 16.7 Å². The van der Waals surface area contributed by atoms with Crippen molar-refractivity contribution in [3.05, 3.63) is 89.0 Å². The van der Waals surface area contributed by atoms with E-state index in [4.69, 9.17) is 0 Å². The van der Waals surface area contributed by atoms with Gasteiger partial charge in [-0.2, -0.15) is 0 Å². The fraction of sp³-hybridized carbons (Fsp3) is 0.222. The van der Waals surface area contributed by atoms with E-state index < -0.39 is 4.87 Å². The third-order valence-electron chi connectivity index (χ3n) is 6.13. The van der Waals surface area contributed by atoms with Gasteiger partial charge >= 0.3 is 0 Å². The molecule has 1 N–H and O–H groups in total. The van der Waals surface area contributed by atoms with Crippen LogP contribution in [0.2, 0.25) is 0 Å². The summed E-state index contributed by atoms with van der Waals surface area (Å²) in [6.07, 6.45) is 0. The van der Waals surface area contributed by atoms with Crippen molar-refractivity contribution in [3.8, 4) is 0 Å². The van der Waals surface area contributed by atoms with Crippen molar-refractivity contribution < 1.29 is 14.4 Å². The van der Waals surface area contributed by atoms with Crippen LogP contribution in [0.3, 0.4) is 0 Å². The molecule has 6 nitrogen and oxygen atoms in total. The molecule has 0 bridgehead atoms. The number of aryl methyl sites for hydroxylation is 3. The second-order valence-corrected chi connectivity index (χ2v) is 10.0. The first-order valence-corrected chi connectivity index (χ1v) is 12.1. The topological polar surface area (TPSA) is 69.7 Å². The molecule has 0 radical (unpaired) electrons. The van der Waals surface area contributed by atoms with Gasteiger partial charge in [-0.25, -0.2) is 0 Å². The molecule has 7 heteroatoms. The fourth-order valence-corrected chi connectivity index (χ4v) is 6.22. The van der Waals surface area contributed by atoms with E-state index in [0.29, 0.717) is 17.1 Å². The van der Waals surface area contributed by atoms with Crippen molar-refractivity contribution in [1.82, 2.24) is 0 Å². The molecule has 1 atom stereocenters. The van der Waals surface area contributed by atoms with Gasteiger partial charge in [0.25, 0.3) is 5.91 Å². The predicted octanol–water partition coefficient (Wildman–Crippen LogP) is 4.53. The largest absolute Gasteiger partial charge is 0.325 e. The summed E-state index contributed by atoms with van der Waals surface area (Å²) < 4.78 is 0. The Labute approximate surface area is 202 Å². The first-order chi connectivity index (χ1) is 16.3. The lowest BCUT2D eigenvalue weighted by molar-refractivity contribution is -0.124. The number of rotatable bonds is 4. The van der Waals surface area contributed by atoms with Crippen LogP contribution in [0.25, 0.3) is 0 Å². The number of hydrogen-bond acceptors (Lipinski definition) is 4. The van der Waals surface area contributed by atoms with Gasteiger partial charge in [0, 0.05) is 16.9 Å². The van der Waals surface area contributed by atoms with Crippen molar-refractivity contribution in [2.75, 3.05) is 27.4 Å². The normalized spacial score (nSPS) is 19.1. The van der Waals surface area contributed by atoms with Gasteiger partial charge in [-0.3, -0.25) is 24.2 Å². The number of nitrogens with one attached hydrogen (secondary N) is 1. The van der Waals surface area contributed by atoms with Crippen molar-refractivity contribution >= 4 is 46.5 Å². The molecule has 2 aliphatic rings. The van der Waals surface area contributed by atoms with Crippen LogP contribution in [0, 0.1) is 20.8 Å². The molecule has 3 aromatic rings. The summed E-state index contributed by atoms with van der Waals surface area (Å²) in [6.45, 7) is 5.77. The average Bonchev–Trinajstić information content (AvgIpc) is 3.24. The zero-order chi connectivity index (χ0) is 24.0. The van der Waals surface area contributed by atoms with Gasteiger partial charge in [0.05, 0.1) is 11.4 Å². The van der Waals surface area contributed by atoms with E-state index in [1.807, 2.05) is 87.5 Å². The predicted molar refractivity (Wildman–Crippen MR) is 136 cm³/mol.